The summed E-state index contributed by atoms with van der Waals surface area (Å²) in [5, 5.41) is 8.85. The highest BCUT2D eigenvalue weighted by atomic mass is 79.9. The van der Waals surface area contributed by atoms with Crippen molar-refractivity contribution in [2.24, 2.45) is 5.92 Å². The quantitative estimate of drug-likeness (QED) is 0.897. The van der Waals surface area contributed by atoms with E-state index in [1.54, 1.807) is 17.8 Å². The molecule has 0 aliphatic rings. The molecule has 0 spiro atoms. The Morgan fingerprint density at radius 2 is 2.27 bits per heavy atom. The van der Waals surface area contributed by atoms with E-state index in [0.29, 0.717) is 10.4 Å². The van der Waals surface area contributed by atoms with Crippen LogP contribution in [0, 0.1) is 11.7 Å². The van der Waals surface area contributed by atoms with Gasteiger partial charge < -0.3 is 5.11 Å². The highest BCUT2D eigenvalue weighted by Crippen LogP contribution is 2.25. The fourth-order valence-electron chi connectivity index (χ4n) is 1.08. The van der Waals surface area contributed by atoms with E-state index >= 15 is 0 Å². The summed E-state index contributed by atoms with van der Waals surface area (Å²) in [5.74, 6) is 1.73. The summed E-state index contributed by atoms with van der Waals surface area (Å²) in [4.78, 5) is 0. The molecule has 4 heteroatoms. The number of aliphatic hydroxyl groups excluding tert-OH is 1. The maximum absolute atomic E-state index is 13.1. The Hall–Kier alpha value is -0.0600. The molecule has 0 fully saturated rings. The molecule has 0 saturated carbocycles. The lowest BCUT2D eigenvalue weighted by atomic mass is 10.2. The van der Waals surface area contributed by atoms with Gasteiger partial charge >= 0.3 is 0 Å². The first-order valence-electron chi connectivity index (χ1n) is 4.76. The molecule has 15 heavy (non-hydrogen) atoms. The first-order chi connectivity index (χ1) is 7.15. The topological polar surface area (TPSA) is 20.2 Å². The molecular formula is C11H14BrFOS. The third kappa shape index (κ3) is 4.13. The minimum Gasteiger partial charge on any atom is -0.396 e. The number of benzene rings is 1. The van der Waals surface area contributed by atoms with Crippen LogP contribution in [-0.2, 0) is 5.75 Å². The lowest BCUT2D eigenvalue weighted by molar-refractivity contribution is 0.250. The molecule has 1 aromatic rings. The van der Waals surface area contributed by atoms with Crippen molar-refractivity contribution in [1.82, 2.24) is 0 Å². The molecular weight excluding hydrogens is 279 g/mol. The van der Waals surface area contributed by atoms with E-state index in [1.165, 1.54) is 6.07 Å². The largest absolute Gasteiger partial charge is 0.396 e. The number of hydrogen-bond acceptors (Lipinski definition) is 2. The van der Waals surface area contributed by atoms with Gasteiger partial charge in [0.25, 0.3) is 0 Å². The van der Waals surface area contributed by atoms with Crippen molar-refractivity contribution < 1.29 is 9.50 Å². The Balaban J connectivity index is 2.47. The van der Waals surface area contributed by atoms with Crippen LogP contribution in [0.1, 0.15) is 12.5 Å². The second-order valence-electron chi connectivity index (χ2n) is 3.52. The van der Waals surface area contributed by atoms with Crippen molar-refractivity contribution in [2.75, 3.05) is 12.4 Å². The van der Waals surface area contributed by atoms with Gasteiger partial charge in [-0.25, -0.2) is 4.39 Å². The molecule has 1 rings (SSSR count). The number of rotatable bonds is 5. The van der Waals surface area contributed by atoms with Gasteiger partial charge in [0.1, 0.15) is 5.82 Å². The van der Waals surface area contributed by atoms with Gasteiger partial charge in [0.15, 0.2) is 0 Å². The summed E-state index contributed by atoms with van der Waals surface area (Å²) in [5.41, 5.74) is 0.963. The Kier molecular flexibility index (Phi) is 5.64. The van der Waals surface area contributed by atoms with Crippen molar-refractivity contribution in [3.63, 3.8) is 0 Å². The van der Waals surface area contributed by atoms with Gasteiger partial charge in [0.05, 0.1) is 4.47 Å². The van der Waals surface area contributed by atoms with E-state index < -0.39 is 0 Å². The third-order valence-corrected chi connectivity index (χ3v) is 4.21. The van der Waals surface area contributed by atoms with Crippen LogP contribution in [0.5, 0.6) is 0 Å². The van der Waals surface area contributed by atoms with Crippen molar-refractivity contribution >= 4 is 27.7 Å². The van der Waals surface area contributed by atoms with Crippen molar-refractivity contribution in [1.29, 1.82) is 0 Å². The molecule has 1 atom stereocenters. The lowest BCUT2D eigenvalue weighted by Gasteiger charge is -2.08. The third-order valence-electron chi connectivity index (χ3n) is 2.00. The molecule has 0 saturated heterocycles. The molecule has 1 nitrogen and oxygen atoms in total. The van der Waals surface area contributed by atoms with Crippen molar-refractivity contribution in [3.05, 3.63) is 34.1 Å². The molecule has 0 aliphatic carbocycles. The fraction of sp³-hybridized carbons (Fsp3) is 0.455. The van der Waals surface area contributed by atoms with E-state index in [4.69, 9.17) is 5.11 Å². The zero-order valence-electron chi connectivity index (χ0n) is 8.54. The van der Waals surface area contributed by atoms with Crippen LogP contribution >= 0.6 is 27.7 Å². The molecule has 0 radical (unpaired) electrons. The van der Waals surface area contributed by atoms with Crippen LogP contribution in [0.3, 0.4) is 0 Å². The van der Waals surface area contributed by atoms with E-state index in [9.17, 15) is 4.39 Å². The van der Waals surface area contributed by atoms with Crippen LogP contribution in [0.25, 0.3) is 0 Å². The summed E-state index contributed by atoms with van der Waals surface area (Å²) in [6.45, 7) is 2.20. The summed E-state index contributed by atoms with van der Waals surface area (Å²) in [7, 11) is 0. The zero-order chi connectivity index (χ0) is 11.3. The summed E-state index contributed by atoms with van der Waals surface area (Å²) >= 11 is 4.93. The van der Waals surface area contributed by atoms with E-state index in [2.05, 4.69) is 15.9 Å². The minimum absolute atomic E-state index is 0.206. The number of aliphatic hydroxyl groups is 1. The first-order valence-corrected chi connectivity index (χ1v) is 6.71. The average molecular weight is 293 g/mol. The summed E-state index contributed by atoms with van der Waals surface area (Å²) < 4.78 is 13.7. The fourth-order valence-corrected chi connectivity index (χ4v) is 2.76. The van der Waals surface area contributed by atoms with Gasteiger partial charge in [-0.1, -0.05) is 19.1 Å². The molecule has 1 unspecified atom stereocenters. The van der Waals surface area contributed by atoms with Crippen LogP contribution in [0.2, 0.25) is 0 Å². The van der Waals surface area contributed by atoms with Gasteiger partial charge in [-0.2, -0.15) is 11.8 Å². The highest BCUT2D eigenvalue weighted by molar-refractivity contribution is 9.10. The predicted octanol–water partition coefficient (Wildman–Crippen LogP) is 3.45. The molecule has 0 aliphatic heterocycles. The number of hydrogen-bond donors (Lipinski definition) is 1. The Morgan fingerprint density at radius 1 is 1.53 bits per heavy atom. The van der Waals surface area contributed by atoms with Gasteiger partial charge in [0, 0.05) is 12.4 Å². The standard InChI is InChI=1S/C11H14BrFOS/c1-8(5-14)6-15-7-9-3-2-4-10(13)11(9)12/h2-4,8,14H,5-7H2,1H3. The van der Waals surface area contributed by atoms with Gasteiger partial charge in [-0.05, 0) is 39.2 Å². The number of halogens is 2. The first kappa shape index (κ1) is 13.0. The van der Waals surface area contributed by atoms with Crippen molar-refractivity contribution in [2.45, 2.75) is 12.7 Å². The van der Waals surface area contributed by atoms with E-state index in [1.807, 2.05) is 13.0 Å². The second kappa shape index (κ2) is 6.51. The molecule has 1 N–H and O–H groups in total. The summed E-state index contributed by atoms with van der Waals surface area (Å²) in [6, 6.07) is 5.06. The average Bonchev–Trinajstić information content (AvgIpc) is 2.24. The predicted molar refractivity (Wildman–Crippen MR) is 66.5 cm³/mol. The van der Waals surface area contributed by atoms with Crippen LogP contribution in [0.15, 0.2) is 22.7 Å². The minimum atomic E-state index is -0.219. The number of thioether (sulfide) groups is 1. The maximum Gasteiger partial charge on any atom is 0.137 e. The Labute approximate surface area is 102 Å². The molecule has 0 aromatic heterocycles. The van der Waals surface area contributed by atoms with Crippen molar-refractivity contribution in [3.8, 4) is 0 Å². The SMILES string of the molecule is CC(CO)CSCc1cccc(F)c1Br. The molecule has 0 heterocycles. The van der Waals surface area contributed by atoms with Crippen LogP contribution < -0.4 is 0 Å². The Bertz CT molecular complexity index is 319. The zero-order valence-corrected chi connectivity index (χ0v) is 10.9. The van der Waals surface area contributed by atoms with Gasteiger partial charge in [-0.15, -0.1) is 0 Å². The smallest absolute Gasteiger partial charge is 0.137 e. The van der Waals surface area contributed by atoms with Gasteiger partial charge in [0.2, 0.25) is 0 Å². The maximum atomic E-state index is 13.1. The monoisotopic (exact) mass is 292 g/mol. The van der Waals surface area contributed by atoms with Gasteiger partial charge in [-0.3, -0.25) is 0 Å². The van der Waals surface area contributed by atoms with Crippen LogP contribution in [0.4, 0.5) is 4.39 Å². The lowest BCUT2D eigenvalue weighted by Crippen LogP contribution is -2.03. The molecule has 84 valence electrons. The van der Waals surface area contributed by atoms with E-state index in [-0.39, 0.29) is 12.4 Å². The normalized spacial score (nSPS) is 12.8. The molecule has 1 aromatic carbocycles. The summed E-state index contributed by atoms with van der Waals surface area (Å²) in [6.07, 6.45) is 0. The molecule has 0 amide bonds. The Morgan fingerprint density at radius 3 is 2.93 bits per heavy atom. The second-order valence-corrected chi connectivity index (χ2v) is 5.34. The highest BCUT2D eigenvalue weighted by Gasteiger charge is 2.06. The van der Waals surface area contributed by atoms with Crippen LogP contribution in [-0.4, -0.2) is 17.5 Å². The molecule has 0 bridgehead atoms. The van der Waals surface area contributed by atoms with E-state index in [0.717, 1.165) is 17.1 Å².